The van der Waals surface area contributed by atoms with Crippen LogP contribution in [-0.4, -0.2) is 26.0 Å². The second-order valence-corrected chi connectivity index (χ2v) is 10.4. The smallest absolute Gasteiger partial charge is 0.335 e. The van der Waals surface area contributed by atoms with Gasteiger partial charge in [0.05, 0.1) is 23.0 Å². The van der Waals surface area contributed by atoms with Crippen LogP contribution in [0.1, 0.15) is 32.0 Å². The lowest BCUT2D eigenvalue weighted by molar-refractivity contribution is -0.129. The molecule has 0 aliphatic carbocycles. The average Bonchev–Trinajstić information content (AvgIpc) is 3.61. The summed E-state index contributed by atoms with van der Waals surface area (Å²) in [5.74, 6) is -3.59. The highest BCUT2D eigenvalue weighted by atomic mass is 19.1. The van der Waals surface area contributed by atoms with E-state index in [1.165, 1.54) is 36.7 Å². The number of rotatable bonds is 7. The third-order valence-electron chi connectivity index (χ3n) is 6.80. The molecule has 0 fully saturated rings. The highest BCUT2D eigenvalue weighted by molar-refractivity contribution is 5.83. The van der Waals surface area contributed by atoms with Gasteiger partial charge in [-0.3, -0.25) is 0 Å². The second-order valence-electron chi connectivity index (χ2n) is 10.4. The summed E-state index contributed by atoms with van der Waals surface area (Å²) in [7, 11) is 0. The van der Waals surface area contributed by atoms with Gasteiger partial charge in [0.15, 0.2) is 17.4 Å². The van der Waals surface area contributed by atoms with Crippen molar-refractivity contribution in [2.75, 3.05) is 0 Å². The molecule has 1 unspecified atom stereocenters. The zero-order valence-electron chi connectivity index (χ0n) is 22.4. The van der Waals surface area contributed by atoms with Gasteiger partial charge in [-0.1, -0.05) is 39.5 Å². The molecule has 0 aliphatic rings. The number of aliphatic hydroxyl groups is 1. The molecule has 0 saturated carbocycles. The minimum Gasteiger partial charge on any atom is -0.451 e. The molecule has 10 heteroatoms. The maximum absolute atomic E-state index is 15.0. The lowest BCUT2D eigenvalue weighted by Crippen LogP contribution is -2.41. The Hall–Kier alpha value is -4.83. The van der Waals surface area contributed by atoms with Gasteiger partial charge in [0.2, 0.25) is 0 Å². The number of hydrogen-bond donors (Lipinski definition) is 3. The summed E-state index contributed by atoms with van der Waals surface area (Å²) in [5.41, 5.74) is -1.69. The number of aromatic nitrogens is 3. The lowest BCUT2D eigenvalue weighted by atomic mass is 9.70. The van der Waals surface area contributed by atoms with E-state index in [0.717, 1.165) is 18.2 Å². The van der Waals surface area contributed by atoms with E-state index in [1.807, 2.05) is 0 Å². The Morgan fingerprint density at radius 3 is 2.54 bits per heavy atom. The van der Waals surface area contributed by atoms with Crippen molar-refractivity contribution in [3.8, 4) is 28.6 Å². The lowest BCUT2D eigenvalue weighted by Gasteiger charge is -2.40. The van der Waals surface area contributed by atoms with Gasteiger partial charge in [0.1, 0.15) is 28.7 Å². The van der Waals surface area contributed by atoms with Crippen LogP contribution in [0.3, 0.4) is 0 Å². The molecule has 1 atom stereocenters. The summed E-state index contributed by atoms with van der Waals surface area (Å²) < 4.78 is 55.3. The number of fused-ring (bicyclic) bond motifs is 1. The Kier molecular flexibility index (Phi) is 6.96. The Balaban J connectivity index is 1.53. The number of esters is 1. The zero-order valence-corrected chi connectivity index (χ0v) is 22.4. The van der Waals surface area contributed by atoms with Crippen LogP contribution in [0.25, 0.3) is 22.3 Å². The first-order valence-electron chi connectivity index (χ1n) is 12.6. The van der Waals surface area contributed by atoms with Crippen molar-refractivity contribution in [3.05, 3.63) is 108 Å². The van der Waals surface area contributed by atoms with Crippen LogP contribution in [0.5, 0.6) is 17.2 Å². The molecular weight excluding hydrogens is 535 g/mol. The van der Waals surface area contributed by atoms with E-state index >= 15 is 4.39 Å². The summed E-state index contributed by atoms with van der Waals surface area (Å²) >= 11 is 0. The van der Waals surface area contributed by atoms with Crippen LogP contribution in [-0.2, 0) is 10.4 Å². The molecule has 0 aliphatic heterocycles. The SMILES string of the molecule is C=CC(=O)Oc1cccc(C(O)(c2cnc(-c3cc(Oc4c(F)cc5[nH]ccc5c4F)ccc3F)[nH]2)C(C)(C)C)c1. The summed E-state index contributed by atoms with van der Waals surface area (Å²) in [6.07, 6.45) is 3.87. The fraction of sp³-hybridized carbons (Fsp3) is 0.161. The Labute approximate surface area is 233 Å². The predicted molar refractivity (Wildman–Crippen MR) is 147 cm³/mol. The molecule has 5 aromatic rings. The molecular formula is C31H26F3N3O4. The van der Waals surface area contributed by atoms with E-state index in [4.69, 9.17) is 9.47 Å². The van der Waals surface area contributed by atoms with Crippen LogP contribution in [0.15, 0.2) is 79.6 Å². The van der Waals surface area contributed by atoms with Crippen molar-refractivity contribution in [1.82, 2.24) is 15.0 Å². The number of halogens is 3. The third kappa shape index (κ3) is 4.98. The Bertz CT molecular complexity index is 1790. The molecule has 0 bridgehead atoms. The van der Waals surface area contributed by atoms with E-state index in [0.29, 0.717) is 5.56 Å². The van der Waals surface area contributed by atoms with Gasteiger partial charge in [-0.15, -0.1) is 0 Å². The number of carbonyl (C=O) groups excluding carboxylic acids is 1. The molecule has 0 saturated heterocycles. The number of hydrogen-bond acceptors (Lipinski definition) is 5. The van der Waals surface area contributed by atoms with Crippen LogP contribution in [0.2, 0.25) is 0 Å². The van der Waals surface area contributed by atoms with Gasteiger partial charge in [0, 0.05) is 29.1 Å². The zero-order chi connectivity index (χ0) is 29.5. The minimum absolute atomic E-state index is 0.0325. The first kappa shape index (κ1) is 27.7. The monoisotopic (exact) mass is 561 g/mol. The fourth-order valence-corrected chi connectivity index (χ4v) is 4.65. The second kappa shape index (κ2) is 10.3. The van der Waals surface area contributed by atoms with Crippen molar-refractivity contribution in [1.29, 1.82) is 0 Å². The maximum atomic E-state index is 15.0. The number of benzene rings is 3. The van der Waals surface area contributed by atoms with E-state index in [-0.39, 0.29) is 39.5 Å². The number of aromatic amines is 2. The third-order valence-corrected chi connectivity index (χ3v) is 6.80. The number of nitrogens with one attached hydrogen (secondary N) is 2. The molecule has 41 heavy (non-hydrogen) atoms. The number of carbonyl (C=O) groups is 1. The Morgan fingerprint density at radius 1 is 1.02 bits per heavy atom. The first-order valence-corrected chi connectivity index (χ1v) is 12.6. The average molecular weight is 562 g/mol. The molecule has 210 valence electrons. The van der Waals surface area contributed by atoms with Crippen molar-refractivity contribution in [2.24, 2.45) is 5.41 Å². The number of imidazole rings is 1. The quantitative estimate of drug-likeness (QED) is 0.111. The summed E-state index contributed by atoms with van der Waals surface area (Å²) in [6, 6.07) is 12.5. The fourth-order valence-electron chi connectivity index (χ4n) is 4.65. The van der Waals surface area contributed by atoms with Crippen LogP contribution in [0.4, 0.5) is 13.2 Å². The highest BCUT2D eigenvalue weighted by Crippen LogP contribution is 2.45. The topological polar surface area (TPSA) is 100 Å². The largest absolute Gasteiger partial charge is 0.451 e. The maximum Gasteiger partial charge on any atom is 0.335 e. The van der Waals surface area contributed by atoms with E-state index in [1.54, 1.807) is 39.0 Å². The van der Waals surface area contributed by atoms with E-state index < -0.39 is 40.2 Å². The van der Waals surface area contributed by atoms with Crippen LogP contribution >= 0.6 is 0 Å². The van der Waals surface area contributed by atoms with Gasteiger partial charge in [-0.05, 0) is 42.0 Å². The summed E-state index contributed by atoms with van der Waals surface area (Å²) in [6.45, 7) is 8.79. The number of H-pyrrole nitrogens is 2. The van der Waals surface area contributed by atoms with Crippen LogP contribution < -0.4 is 9.47 Å². The van der Waals surface area contributed by atoms with Crippen LogP contribution in [0, 0.1) is 22.9 Å². The molecule has 7 nitrogen and oxygen atoms in total. The van der Waals surface area contributed by atoms with Crippen molar-refractivity contribution < 1.29 is 32.5 Å². The normalized spacial score (nSPS) is 13.1. The van der Waals surface area contributed by atoms with Crippen molar-refractivity contribution >= 4 is 16.9 Å². The number of nitrogens with zero attached hydrogens (tertiary/aromatic N) is 1. The summed E-state index contributed by atoms with van der Waals surface area (Å²) in [4.78, 5) is 21.7. The molecule has 0 radical (unpaired) electrons. The number of ether oxygens (including phenoxy) is 2. The van der Waals surface area contributed by atoms with Gasteiger partial charge >= 0.3 is 5.97 Å². The predicted octanol–water partition coefficient (Wildman–Crippen LogP) is 7.14. The molecule has 2 aromatic heterocycles. The molecule has 2 heterocycles. The van der Waals surface area contributed by atoms with Crippen molar-refractivity contribution in [2.45, 2.75) is 26.4 Å². The molecule has 5 rings (SSSR count). The van der Waals surface area contributed by atoms with Crippen molar-refractivity contribution in [3.63, 3.8) is 0 Å². The molecule has 0 amide bonds. The molecule has 3 aromatic carbocycles. The van der Waals surface area contributed by atoms with Gasteiger partial charge in [0.25, 0.3) is 0 Å². The van der Waals surface area contributed by atoms with Gasteiger partial charge < -0.3 is 24.5 Å². The molecule has 3 N–H and O–H groups in total. The van der Waals surface area contributed by atoms with Gasteiger partial charge in [-0.2, -0.15) is 0 Å². The minimum atomic E-state index is -1.70. The van der Waals surface area contributed by atoms with E-state index in [9.17, 15) is 18.7 Å². The standard InChI is InChI=1S/C31H26F3N3O4/c1-5-26(38)40-18-8-6-7-17(13-18)31(39,30(2,3)4)25-16-36-29(37-25)21-14-19(9-10-22(21)32)41-28-23(33)15-24-20(27(28)34)11-12-35-24/h5-16,35,39H,1H2,2-4H3,(H,36,37). The van der Waals surface area contributed by atoms with E-state index in [2.05, 4.69) is 21.5 Å². The molecule has 0 spiro atoms. The highest BCUT2D eigenvalue weighted by Gasteiger charge is 2.45. The van der Waals surface area contributed by atoms with Gasteiger partial charge in [-0.25, -0.2) is 22.9 Å². The summed E-state index contributed by atoms with van der Waals surface area (Å²) in [5, 5.41) is 12.2. The first-order chi connectivity index (χ1) is 19.4. The Morgan fingerprint density at radius 2 is 1.80 bits per heavy atom.